The maximum atomic E-state index is 12.7. The third-order valence-electron chi connectivity index (χ3n) is 5.13. The molecule has 1 fully saturated rings. The fourth-order valence-corrected chi connectivity index (χ4v) is 3.75. The number of hydrogen-bond donors (Lipinski definition) is 1. The van der Waals surface area contributed by atoms with Crippen LogP contribution in [0.25, 0.3) is 0 Å². The van der Waals surface area contributed by atoms with E-state index in [1.54, 1.807) is 31.4 Å². The Morgan fingerprint density at radius 1 is 1.23 bits per heavy atom. The second-order valence-electron chi connectivity index (χ2n) is 6.65. The Morgan fingerprint density at radius 3 is 2.88 bits per heavy atom. The van der Waals surface area contributed by atoms with E-state index < -0.39 is 0 Å². The summed E-state index contributed by atoms with van der Waals surface area (Å²) in [5, 5.41) is 2.88. The van der Waals surface area contributed by atoms with Crippen LogP contribution < -0.4 is 15.0 Å². The Balaban J connectivity index is 1.61. The van der Waals surface area contributed by atoms with E-state index in [1.165, 1.54) is 0 Å². The zero-order valence-corrected chi connectivity index (χ0v) is 14.9. The molecule has 1 N–H and O–H groups in total. The predicted octanol–water partition coefficient (Wildman–Crippen LogP) is 2.96. The predicted molar refractivity (Wildman–Crippen MR) is 99.9 cm³/mol. The first-order valence-electron chi connectivity index (χ1n) is 8.72. The van der Waals surface area contributed by atoms with Gasteiger partial charge in [-0.3, -0.25) is 9.59 Å². The lowest BCUT2D eigenvalue weighted by atomic mass is 10.0. The van der Waals surface area contributed by atoms with Crippen molar-refractivity contribution < 1.29 is 14.3 Å². The number of nitrogens with one attached hydrogen (secondary N) is 1. The van der Waals surface area contributed by atoms with Crippen molar-refractivity contribution in [2.45, 2.75) is 19.0 Å². The van der Waals surface area contributed by atoms with Gasteiger partial charge in [0, 0.05) is 30.9 Å². The largest absolute Gasteiger partial charge is 0.497 e. The molecular formula is C20H21N3O3. The van der Waals surface area contributed by atoms with E-state index in [9.17, 15) is 9.59 Å². The van der Waals surface area contributed by atoms with Crippen molar-refractivity contribution in [3.05, 3.63) is 53.6 Å². The summed E-state index contributed by atoms with van der Waals surface area (Å²) in [5.74, 6) is 0.524. The molecule has 0 aromatic heterocycles. The van der Waals surface area contributed by atoms with Crippen LogP contribution >= 0.6 is 0 Å². The molecule has 1 unspecified atom stereocenters. The molecule has 2 aliphatic rings. The quantitative estimate of drug-likeness (QED) is 0.924. The van der Waals surface area contributed by atoms with Gasteiger partial charge in [0.05, 0.1) is 18.4 Å². The van der Waals surface area contributed by atoms with Gasteiger partial charge in [-0.1, -0.05) is 6.07 Å². The van der Waals surface area contributed by atoms with Gasteiger partial charge in [-0.25, -0.2) is 0 Å². The summed E-state index contributed by atoms with van der Waals surface area (Å²) in [7, 11) is 3.57. The third-order valence-corrected chi connectivity index (χ3v) is 5.13. The average Bonchev–Trinajstić information content (AvgIpc) is 3.16. The van der Waals surface area contributed by atoms with Crippen LogP contribution in [-0.2, 0) is 0 Å². The van der Waals surface area contributed by atoms with Crippen molar-refractivity contribution in [1.82, 2.24) is 4.90 Å². The highest BCUT2D eigenvalue weighted by Crippen LogP contribution is 2.35. The molecule has 2 aliphatic heterocycles. The fourth-order valence-electron chi connectivity index (χ4n) is 3.75. The maximum absolute atomic E-state index is 12.7. The summed E-state index contributed by atoms with van der Waals surface area (Å²) < 4.78 is 5.18. The lowest BCUT2D eigenvalue weighted by molar-refractivity contribution is 0.0719. The van der Waals surface area contributed by atoms with Crippen molar-refractivity contribution in [1.29, 1.82) is 0 Å². The molecule has 0 saturated carbocycles. The minimum atomic E-state index is -0.212. The zero-order chi connectivity index (χ0) is 18.3. The standard InChI is InChI=1S/C20H21N3O3/c1-22-17-11-13(19(24)21-14-5-3-6-15(12-14)26-2)8-9-16(17)20(25)23-10-4-7-18(22)23/h3,5-6,8-9,11-12,18H,4,7,10H2,1-2H3,(H,21,24). The smallest absolute Gasteiger partial charge is 0.257 e. The highest BCUT2D eigenvalue weighted by molar-refractivity contribution is 6.08. The molecule has 0 aliphatic carbocycles. The Morgan fingerprint density at radius 2 is 2.08 bits per heavy atom. The van der Waals surface area contributed by atoms with Gasteiger partial charge in [-0.05, 0) is 43.2 Å². The fraction of sp³-hybridized carbons (Fsp3) is 0.300. The van der Waals surface area contributed by atoms with Gasteiger partial charge in [-0.2, -0.15) is 0 Å². The molecule has 0 bridgehead atoms. The molecule has 2 aromatic carbocycles. The zero-order valence-electron chi connectivity index (χ0n) is 14.9. The molecule has 2 amide bonds. The number of carbonyl (C=O) groups is 2. The van der Waals surface area contributed by atoms with Crippen LogP contribution in [0.1, 0.15) is 33.6 Å². The maximum Gasteiger partial charge on any atom is 0.257 e. The molecule has 134 valence electrons. The normalized spacial score (nSPS) is 18.4. The molecule has 2 aromatic rings. The molecule has 1 saturated heterocycles. The minimum absolute atomic E-state index is 0.0559. The van der Waals surface area contributed by atoms with E-state index in [0.717, 1.165) is 25.1 Å². The van der Waals surface area contributed by atoms with Crippen LogP contribution in [0.4, 0.5) is 11.4 Å². The number of anilines is 2. The second kappa shape index (κ2) is 6.37. The Labute approximate surface area is 152 Å². The number of rotatable bonds is 3. The van der Waals surface area contributed by atoms with Gasteiger partial charge in [-0.15, -0.1) is 0 Å². The molecule has 0 spiro atoms. The van der Waals surface area contributed by atoms with Crippen LogP contribution in [0.5, 0.6) is 5.75 Å². The van der Waals surface area contributed by atoms with E-state index >= 15 is 0 Å². The van der Waals surface area contributed by atoms with Crippen LogP contribution in [0, 0.1) is 0 Å². The van der Waals surface area contributed by atoms with Crippen LogP contribution in [-0.4, -0.2) is 43.6 Å². The lowest BCUT2D eigenvalue weighted by Gasteiger charge is -2.40. The Bertz CT molecular complexity index is 880. The van der Waals surface area contributed by atoms with Crippen molar-refractivity contribution in [2.75, 3.05) is 30.9 Å². The van der Waals surface area contributed by atoms with Gasteiger partial charge < -0.3 is 19.9 Å². The topological polar surface area (TPSA) is 61.9 Å². The van der Waals surface area contributed by atoms with E-state index in [1.807, 2.05) is 30.1 Å². The number of fused-ring (bicyclic) bond motifs is 2. The minimum Gasteiger partial charge on any atom is -0.497 e. The SMILES string of the molecule is COc1cccc(NC(=O)c2ccc3c(c2)N(C)C2CCCN2C3=O)c1. The lowest BCUT2D eigenvalue weighted by Crippen LogP contribution is -2.50. The molecule has 6 nitrogen and oxygen atoms in total. The number of ether oxygens (including phenoxy) is 1. The molecular weight excluding hydrogens is 330 g/mol. The molecule has 6 heteroatoms. The van der Waals surface area contributed by atoms with Crippen molar-refractivity contribution in [2.24, 2.45) is 0 Å². The molecule has 4 rings (SSSR count). The van der Waals surface area contributed by atoms with E-state index in [0.29, 0.717) is 22.6 Å². The second-order valence-corrected chi connectivity index (χ2v) is 6.65. The first kappa shape index (κ1) is 16.4. The average molecular weight is 351 g/mol. The number of methoxy groups -OCH3 is 1. The van der Waals surface area contributed by atoms with Crippen LogP contribution in [0.15, 0.2) is 42.5 Å². The monoisotopic (exact) mass is 351 g/mol. The van der Waals surface area contributed by atoms with Gasteiger partial charge in [0.1, 0.15) is 11.9 Å². The first-order valence-corrected chi connectivity index (χ1v) is 8.72. The van der Waals surface area contributed by atoms with Crippen molar-refractivity contribution in [3.63, 3.8) is 0 Å². The number of amides is 2. The van der Waals surface area contributed by atoms with Crippen LogP contribution in [0.2, 0.25) is 0 Å². The summed E-state index contributed by atoms with van der Waals surface area (Å²) in [6, 6.07) is 12.5. The molecule has 0 radical (unpaired) electrons. The van der Waals surface area contributed by atoms with Crippen LogP contribution in [0.3, 0.4) is 0 Å². The summed E-state index contributed by atoms with van der Waals surface area (Å²) in [4.78, 5) is 29.3. The molecule has 2 heterocycles. The number of nitrogens with zero attached hydrogens (tertiary/aromatic N) is 2. The number of hydrogen-bond acceptors (Lipinski definition) is 4. The summed E-state index contributed by atoms with van der Waals surface area (Å²) in [5.41, 5.74) is 2.66. The summed E-state index contributed by atoms with van der Waals surface area (Å²) in [6.07, 6.45) is 2.06. The van der Waals surface area contributed by atoms with Gasteiger partial charge >= 0.3 is 0 Å². The molecule has 26 heavy (non-hydrogen) atoms. The van der Waals surface area contributed by atoms with E-state index in [4.69, 9.17) is 4.74 Å². The van der Waals surface area contributed by atoms with Gasteiger partial charge in [0.15, 0.2) is 0 Å². The van der Waals surface area contributed by atoms with E-state index in [-0.39, 0.29) is 18.0 Å². The van der Waals surface area contributed by atoms with Gasteiger partial charge in [0.2, 0.25) is 0 Å². The van der Waals surface area contributed by atoms with Crippen molar-refractivity contribution in [3.8, 4) is 5.75 Å². The van der Waals surface area contributed by atoms with Crippen molar-refractivity contribution >= 4 is 23.2 Å². The van der Waals surface area contributed by atoms with E-state index in [2.05, 4.69) is 10.2 Å². The summed E-state index contributed by atoms with van der Waals surface area (Å²) in [6.45, 7) is 0.797. The first-order chi connectivity index (χ1) is 12.6. The highest BCUT2D eigenvalue weighted by atomic mass is 16.5. The number of benzene rings is 2. The van der Waals surface area contributed by atoms with Gasteiger partial charge in [0.25, 0.3) is 11.8 Å². The summed E-state index contributed by atoms with van der Waals surface area (Å²) >= 11 is 0. The molecule has 1 atom stereocenters. The number of carbonyl (C=O) groups excluding carboxylic acids is 2. The Kier molecular flexibility index (Phi) is 4.03. The third kappa shape index (κ3) is 2.67. The Hall–Kier alpha value is -3.02. The highest BCUT2D eigenvalue weighted by Gasteiger charge is 2.38.